The molecule has 1 aliphatic heterocycles. The molecule has 3 N–H and O–H groups in total. The van der Waals surface area contributed by atoms with Gasteiger partial charge in [-0.25, -0.2) is 4.99 Å². The number of H-pyrrole nitrogens is 1. The average molecular weight is 574 g/mol. The van der Waals surface area contributed by atoms with E-state index >= 15 is 0 Å². The molecule has 0 aliphatic carbocycles. The van der Waals surface area contributed by atoms with E-state index in [1.54, 1.807) is 48.3 Å². The third-order valence-corrected chi connectivity index (χ3v) is 7.60. The number of aromatic nitrogens is 1. The molecule has 10 heteroatoms. The van der Waals surface area contributed by atoms with Gasteiger partial charge in [-0.05, 0) is 49.0 Å². The summed E-state index contributed by atoms with van der Waals surface area (Å²) in [6.45, 7) is 4.02. The molecule has 41 heavy (non-hydrogen) atoms. The highest BCUT2D eigenvalue weighted by Crippen LogP contribution is 2.33. The summed E-state index contributed by atoms with van der Waals surface area (Å²) in [4.78, 5) is 38.1. The highest BCUT2D eigenvalue weighted by molar-refractivity contribution is 6.31. The number of nitrogens with one attached hydrogen (secondary N) is 1. The van der Waals surface area contributed by atoms with Gasteiger partial charge in [0.15, 0.2) is 5.88 Å². The normalized spacial score (nSPS) is 14.9. The van der Waals surface area contributed by atoms with Gasteiger partial charge in [0.2, 0.25) is 5.91 Å². The third-order valence-electron chi connectivity index (χ3n) is 7.37. The Bertz CT molecular complexity index is 1590. The second kappa shape index (κ2) is 12.1. The van der Waals surface area contributed by atoms with E-state index in [-0.39, 0.29) is 18.2 Å². The van der Waals surface area contributed by atoms with Crippen LogP contribution in [0.15, 0.2) is 71.7 Å². The number of carboxylic acids is 1. The van der Waals surface area contributed by atoms with E-state index in [1.807, 2.05) is 30.3 Å². The molecule has 1 amide bonds. The van der Waals surface area contributed by atoms with Crippen molar-refractivity contribution in [1.82, 2.24) is 14.8 Å². The van der Waals surface area contributed by atoms with Gasteiger partial charge in [-0.1, -0.05) is 41.9 Å². The number of carbonyl (C=O) groups excluding carboxylic acids is 1. The predicted molar refractivity (Wildman–Crippen MR) is 162 cm³/mol. The van der Waals surface area contributed by atoms with Crippen LogP contribution in [0, 0.1) is 0 Å². The van der Waals surface area contributed by atoms with Crippen LogP contribution in [0.2, 0.25) is 5.02 Å². The summed E-state index contributed by atoms with van der Waals surface area (Å²) in [5.74, 6) is -0.943. The quantitative estimate of drug-likeness (QED) is 0.267. The molecule has 1 saturated heterocycles. The van der Waals surface area contributed by atoms with Gasteiger partial charge in [0.05, 0.1) is 35.4 Å². The average Bonchev–Trinajstić information content (AvgIpc) is 3.27. The third kappa shape index (κ3) is 6.59. The van der Waals surface area contributed by atoms with E-state index in [9.17, 15) is 14.7 Å². The number of amides is 1. The second-order valence-electron chi connectivity index (χ2n) is 10.3. The largest absolute Gasteiger partial charge is 0.494 e. The van der Waals surface area contributed by atoms with Crippen LogP contribution in [-0.4, -0.2) is 89.4 Å². The number of hydrogen-bond donors (Lipinski definition) is 3. The number of nitrogens with zero attached hydrogens (tertiary/aromatic N) is 4. The maximum atomic E-state index is 12.9. The number of fused-ring (bicyclic) bond motifs is 1. The number of carboxylic acid groups (broad SMARTS) is 1. The summed E-state index contributed by atoms with van der Waals surface area (Å²) >= 11 is 6.18. The SMILES string of the molecule is CN1CCN(CC(=O)N(C)c2ccc(N=C(c3ccc(CC(=O)O)cc3)c3c(O)[nH]c4cc(Cl)ccc34)cc2)CC1. The summed E-state index contributed by atoms with van der Waals surface area (Å²) in [5.41, 5.74) is 4.42. The van der Waals surface area contributed by atoms with E-state index in [1.165, 1.54) is 0 Å². The standard InChI is InChI=1S/C31H32ClN5O4/c1-35-13-15-37(16-14-35)19-27(38)36(2)24-10-8-23(9-11-24)33-30(21-5-3-20(4-6-21)17-28(39)40)29-25-12-7-22(32)18-26(25)34-31(29)41/h3-12,18,34,41H,13-17,19H2,1-2H3,(H,39,40). The number of halogens is 1. The van der Waals surface area contributed by atoms with Crippen molar-refractivity contribution in [2.75, 3.05) is 51.7 Å². The number of aliphatic imine (C=N–C) groups is 1. The van der Waals surface area contributed by atoms with Crippen molar-refractivity contribution in [2.24, 2.45) is 4.99 Å². The zero-order valence-corrected chi connectivity index (χ0v) is 23.7. The number of hydrogen-bond acceptors (Lipinski definition) is 6. The summed E-state index contributed by atoms with van der Waals surface area (Å²) in [5, 5.41) is 21.4. The molecular weight excluding hydrogens is 542 g/mol. The minimum absolute atomic E-state index is 0.0234. The van der Waals surface area contributed by atoms with E-state index in [2.05, 4.69) is 21.8 Å². The zero-order valence-electron chi connectivity index (χ0n) is 23.0. The first-order chi connectivity index (χ1) is 19.7. The first-order valence-electron chi connectivity index (χ1n) is 13.4. The number of aliphatic carboxylic acids is 1. The van der Waals surface area contributed by atoms with Gasteiger partial charge in [0, 0.05) is 54.9 Å². The van der Waals surface area contributed by atoms with Crippen molar-refractivity contribution in [3.63, 3.8) is 0 Å². The molecule has 0 atom stereocenters. The molecule has 0 spiro atoms. The van der Waals surface area contributed by atoms with Crippen LogP contribution in [0.25, 0.3) is 10.9 Å². The van der Waals surface area contributed by atoms with Crippen molar-refractivity contribution >= 4 is 51.5 Å². The van der Waals surface area contributed by atoms with E-state index in [0.29, 0.717) is 45.2 Å². The predicted octanol–water partition coefficient (Wildman–Crippen LogP) is 4.53. The van der Waals surface area contributed by atoms with Crippen LogP contribution >= 0.6 is 11.6 Å². The number of aromatic hydroxyl groups is 1. The lowest BCUT2D eigenvalue weighted by Gasteiger charge is -2.32. The number of likely N-dealkylation sites (N-methyl/N-ethyl adjacent to an activating group) is 2. The molecule has 5 rings (SSSR count). The molecule has 2 heterocycles. The Morgan fingerprint density at radius 1 is 1.00 bits per heavy atom. The fraction of sp³-hybridized carbons (Fsp3) is 0.258. The van der Waals surface area contributed by atoms with E-state index < -0.39 is 5.97 Å². The zero-order chi connectivity index (χ0) is 29.1. The van der Waals surface area contributed by atoms with Crippen LogP contribution in [0.5, 0.6) is 5.88 Å². The Hall–Kier alpha value is -4.18. The fourth-order valence-electron chi connectivity index (χ4n) is 4.94. The van der Waals surface area contributed by atoms with Gasteiger partial charge in [0.1, 0.15) is 0 Å². The summed E-state index contributed by atoms with van der Waals surface area (Å²) in [6.07, 6.45) is -0.0912. The Balaban J connectivity index is 1.45. The molecule has 1 fully saturated rings. The van der Waals surface area contributed by atoms with Gasteiger partial charge < -0.3 is 25.0 Å². The maximum absolute atomic E-state index is 12.9. The lowest BCUT2D eigenvalue weighted by atomic mass is 9.99. The molecular formula is C31H32ClN5O4. The van der Waals surface area contributed by atoms with Crippen molar-refractivity contribution in [3.05, 3.63) is 88.4 Å². The topological polar surface area (TPSA) is 112 Å². The first-order valence-corrected chi connectivity index (χ1v) is 13.7. The fourth-order valence-corrected chi connectivity index (χ4v) is 5.11. The van der Waals surface area contributed by atoms with Crippen LogP contribution in [-0.2, 0) is 16.0 Å². The summed E-state index contributed by atoms with van der Waals surface area (Å²) in [6, 6.07) is 19.7. The van der Waals surface area contributed by atoms with Gasteiger partial charge in [-0.3, -0.25) is 14.5 Å². The number of carbonyl (C=O) groups is 2. The van der Waals surface area contributed by atoms with Crippen molar-refractivity contribution in [1.29, 1.82) is 0 Å². The molecule has 1 aliphatic rings. The molecule has 9 nitrogen and oxygen atoms in total. The Kier molecular flexibility index (Phi) is 8.39. The van der Waals surface area contributed by atoms with Crippen LogP contribution in [0.3, 0.4) is 0 Å². The molecule has 0 radical (unpaired) electrons. The van der Waals surface area contributed by atoms with E-state index in [0.717, 1.165) is 37.3 Å². The lowest BCUT2D eigenvalue weighted by Crippen LogP contribution is -2.48. The monoisotopic (exact) mass is 573 g/mol. The Morgan fingerprint density at radius 3 is 2.34 bits per heavy atom. The molecule has 0 saturated carbocycles. The highest BCUT2D eigenvalue weighted by Gasteiger charge is 2.21. The lowest BCUT2D eigenvalue weighted by molar-refractivity contribution is -0.136. The smallest absolute Gasteiger partial charge is 0.307 e. The molecule has 0 bridgehead atoms. The number of benzene rings is 3. The summed E-state index contributed by atoms with van der Waals surface area (Å²) in [7, 11) is 3.86. The van der Waals surface area contributed by atoms with Crippen LogP contribution in [0.1, 0.15) is 16.7 Å². The van der Waals surface area contributed by atoms with Gasteiger partial charge >= 0.3 is 5.97 Å². The molecule has 212 valence electrons. The van der Waals surface area contributed by atoms with Crippen molar-refractivity contribution < 1.29 is 19.8 Å². The van der Waals surface area contributed by atoms with Gasteiger partial charge in [-0.2, -0.15) is 0 Å². The second-order valence-corrected chi connectivity index (χ2v) is 10.8. The van der Waals surface area contributed by atoms with Crippen molar-refractivity contribution in [2.45, 2.75) is 6.42 Å². The van der Waals surface area contributed by atoms with Gasteiger partial charge in [0.25, 0.3) is 0 Å². The van der Waals surface area contributed by atoms with Gasteiger partial charge in [-0.15, -0.1) is 0 Å². The number of anilines is 1. The van der Waals surface area contributed by atoms with E-state index in [4.69, 9.17) is 21.7 Å². The van der Waals surface area contributed by atoms with Crippen LogP contribution < -0.4 is 4.90 Å². The van der Waals surface area contributed by atoms with Crippen molar-refractivity contribution in [3.8, 4) is 5.88 Å². The maximum Gasteiger partial charge on any atom is 0.307 e. The molecule has 4 aromatic rings. The first kappa shape index (κ1) is 28.4. The Labute approximate surface area is 243 Å². The number of piperazine rings is 1. The number of rotatable bonds is 8. The molecule has 3 aromatic carbocycles. The Morgan fingerprint density at radius 2 is 1.68 bits per heavy atom. The summed E-state index contributed by atoms with van der Waals surface area (Å²) < 4.78 is 0. The highest BCUT2D eigenvalue weighted by atomic mass is 35.5. The minimum Gasteiger partial charge on any atom is -0.494 e. The molecule has 0 unspecified atom stereocenters. The minimum atomic E-state index is -0.912. The molecule has 1 aromatic heterocycles. The number of aromatic amines is 1. The van der Waals surface area contributed by atoms with Crippen LogP contribution in [0.4, 0.5) is 11.4 Å².